The average molecular weight is 308 g/mol. The molecule has 1 heterocycles. The van der Waals surface area contributed by atoms with Gasteiger partial charge in [0, 0.05) is 0 Å². The molecule has 0 saturated carbocycles. The SMILES string of the molecule is COc1ccc(CC2CCCN(B(C)O)C2)c(F)c1NC=O. The van der Waals surface area contributed by atoms with Crippen LogP contribution in [0, 0.1) is 11.7 Å². The average Bonchev–Trinajstić information content (AvgIpc) is 2.52. The molecule has 0 radical (unpaired) electrons. The summed E-state index contributed by atoms with van der Waals surface area (Å²) in [7, 11) is 0.960. The Bertz CT molecular complexity index is 528. The van der Waals surface area contributed by atoms with Crippen LogP contribution in [-0.2, 0) is 11.2 Å². The molecule has 1 saturated heterocycles. The molecular weight excluding hydrogens is 286 g/mol. The van der Waals surface area contributed by atoms with Crippen molar-refractivity contribution in [1.82, 2.24) is 4.81 Å². The maximum atomic E-state index is 14.6. The number of hydrogen-bond acceptors (Lipinski definition) is 4. The normalized spacial score (nSPS) is 18.8. The van der Waals surface area contributed by atoms with E-state index >= 15 is 0 Å². The van der Waals surface area contributed by atoms with E-state index in [9.17, 15) is 14.2 Å². The number of benzene rings is 1. The Balaban J connectivity index is 2.15. The molecule has 2 rings (SSSR count). The van der Waals surface area contributed by atoms with Gasteiger partial charge in [0.05, 0.1) is 7.11 Å². The van der Waals surface area contributed by atoms with E-state index in [2.05, 4.69) is 5.32 Å². The zero-order valence-corrected chi connectivity index (χ0v) is 13.0. The Hall–Kier alpha value is -1.60. The van der Waals surface area contributed by atoms with Crippen molar-refractivity contribution in [3.63, 3.8) is 0 Å². The zero-order chi connectivity index (χ0) is 16.1. The van der Waals surface area contributed by atoms with Gasteiger partial charge in [-0.3, -0.25) is 4.79 Å². The first-order valence-corrected chi connectivity index (χ1v) is 7.54. The number of anilines is 1. The minimum Gasteiger partial charge on any atom is -0.494 e. The molecule has 1 unspecified atom stereocenters. The van der Waals surface area contributed by atoms with E-state index in [0.29, 0.717) is 24.1 Å². The second-order valence-electron chi connectivity index (χ2n) is 5.72. The number of piperidine rings is 1. The number of carbonyl (C=O) groups excluding carboxylic acids is 1. The van der Waals surface area contributed by atoms with Gasteiger partial charge in [-0.1, -0.05) is 6.07 Å². The van der Waals surface area contributed by atoms with Crippen LogP contribution in [0.1, 0.15) is 18.4 Å². The lowest BCUT2D eigenvalue weighted by molar-refractivity contribution is -0.105. The number of rotatable bonds is 6. The number of hydrogen-bond donors (Lipinski definition) is 2. The van der Waals surface area contributed by atoms with Crippen molar-refractivity contribution in [1.29, 1.82) is 0 Å². The fourth-order valence-corrected chi connectivity index (χ4v) is 3.04. The smallest absolute Gasteiger partial charge is 0.376 e. The number of amides is 1. The van der Waals surface area contributed by atoms with Gasteiger partial charge in [0.1, 0.15) is 11.4 Å². The Kier molecular flexibility index (Phi) is 5.79. The van der Waals surface area contributed by atoms with Crippen molar-refractivity contribution in [3.05, 3.63) is 23.5 Å². The largest absolute Gasteiger partial charge is 0.494 e. The molecule has 0 bridgehead atoms. The summed E-state index contributed by atoms with van der Waals surface area (Å²) in [5, 5.41) is 12.1. The molecule has 1 aromatic rings. The predicted molar refractivity (Wildman–Crippen MR) is 84.5 cm³/mol. The highest BCUT2D eigenvalue weighted by atomic mass is 19.1. The molecule has 5 nitrogen and oxygen atoms in total. The van der Waals surface area contributed by atoms with Crippen LogP contribution in [0.5, 0.6) is 5.75 Å². The Morgan fingerprint density at radius 2 is 2.36 bits per heavy atom. The summed E-state index contributed by atoms with van der Waals surface area (Å²) in [5.41, 5.74) is 0.640. The van der Waals surface area contributed by atoms with Gasteiger partial charge in [-0.2, -0.15) is 0 Å². The zero-order valence-electron chi connectivity index (χ0n) is 13.0. The van der Waals surface area contributed by atoms with Gasteiger partial charge >= 0.3 is 7.05 Å². The highest BCUT2D eigenvalue weighted by Gasteiger charge is 2.26. The molecule has 0 spiro atoms. The number of nitrogens with zero attached hydrogens (tertiary/aromatic N) is 1. The highest BCUT2D eigenvalue weighted by molar-refractivity contribution is 6.45. The van der Waals surface area contributed by atoms with E-state index < -0.39 is 12.9 Å². The van der Waals surface area contributed by atoms with Crippen molar-refractivity contribution in [2.75, 3.05) is 25.5 Å². The number of methoxy groups -OCH3 is 1. The molecule has 1 fully saturated rings. The van der Waals surface area contributed by atoms with Crippen LogP contribution in [0.15, 0.2) is 12.1 Å². The standard InChI is InChI=1S/C15H22BFN2O3/c1-16(21)19-7-3-4-11(9-19)8-12-5-6-13(22-2)15(14(12)17)18-10-20/h5-6,10-11,21H,3-4,7-9H2,1-2H3,(H,18,20). The number of halogens is 1. The molecular formula is C15H22BFN2O3. The summed E-state index contributed by atoms with van der Waals surface area (Å²) in [6.07, 6.45) is 3.02. The molecule has 22 heavy (non-hydrogen) atoms. The van der Waals surface area contributed by atoms with E-state index in [1.807, 2.05) is 4.81 Å². The van der Waals surface area contributed by atoms with Crippen LogP contribution in [0.2, 0.25) is 6.82 Å². The second-order valence-corrected chi connectivity index (χ2v) is 5.72. The first kappa shape index (κ1) is 16.8. The minimum absolute atomic E-state index is 0.0817. The number of carbonyl (C=O) groups is 1. The predicted octanol–water partition coefficient (Wildman–Crippen LogP) is 1.77. The molecule has 1 atom stereocenters. The van der Waals surface area contributed by atoms with E-state index in [-0.39, 0.29) is 11.6 Å². The maximum Gasteiger partial charge on any atom is 0.376 e. The molecule has 1 aliphatic heterocycles. The van der Waals surface area contributed by atoms with Crippen LogP contribution in [0.4, 0.5) is 10.1 Å². The lowest BCUT2D eigenvalue weighted by Gasteiger charge is -2.33. The molecule has 120 valence electrons. The monoisotopic (exact) mass is 308 g/mol. The van der Waals surface area contributed by atoms with Gasteiger partial charge in [-0.25, -0.2) is 4.39 Å². The van der Waals surface area contributed by atoms with Crippen molar-refractivity contribution in [2.24, 2.45) is 5.92 Å². The van der Waals surface area contributed by atoms with Gasteiger partial charge in [0.15, 0.2) is 5.82 Å². The summed E-state index contributed by atoms with van der Waals surface area (Å²) in [5.74, 6) is 0.151. The minimum atomic E-state index is -0.476. The Morgan fingerprint density at radius 3 is 3.00 bits per heavy atom. The van der Waals surface area contributed by atoms with E-state index in [1.165, 1.54) is 7.11 Å². The van der Waals surface area contributed by atoms with Crippen LogP contribution < -0.4 is 10.1 Å². The van der Waals surface area contributed by atoms with Gasteiger partial charge in [-0.15, -0.1) is 0 Å². The lowest BCUT2D eigenvalue weighted by Crippen LogP contribution is -2.44. The highest BCUT2D eigenvalue weighted by Crippen LogP contribution is 2.31. The topological polar surface area (TPSA) is 61.8 Å². The first-order chi connectivity index (χ1) is 10.6. The molecule has 1 aromatic carbocycles. The molecule has 1 amide bonds. The fourth-order valence-electron chi connectivity index (χ4n) is 3.04. The summed E-state index contributed by atoms with van der Waals surface area (Å²) in [6.45, 7) is 3.37. The van der Waals surface area contributed by atoms with E-state index in [4.69, 9.17) is 4.74 Å². The Morgan fingerprint density at radius 1 is 1.59 bits per heavy atom. The first-order valence-electron chi connectivity index (χ1n) is 7.54. The molecule has 0 aromatic heterocycles. The van der Waals surface area contributed by atoms with Gasteiger partial charge in [0.2, 0.25) is 6.41 Å². The summed E-state index contributed by atoms with van der Waals surface area (Å²) in [4.78, 5) is 12.6. The van der Waals surface area contributed by atoms with Crippen LogP contribution in [0.3, 0.4) is 0 Å². The van der Waals surface area contributed by atoms with E-state index in [1.54, 1.807) is 19.0 Å². The number of ether oxygens (including phenoxy) is 1. The fraction of sp³-hybridized carbons (Fsp3) is 0.533. The maximum absolute atomic E-state index is 14.6. The molecule has 1 aliphatic rings. The van der Waals surface area contributed by atoms with Gasteiger partial charge in [0.25, 0.3) is 0 Å². The molecule has 7 heteroatoms. The van der Waals surface area contributed by atoms with Gasteiger partial charge in [-0.05, 0) is 56.7 Å². The van der Waals surface area contributed by atoms with Crippen molar-refractivity contribution in [3.8, 4) is 5.75 Å². The van der Waals surface area contributed by atoms with Crippen molar-refractivity contribution >= 4 is 19.1 Å². The third-order valence-electron chi connectivity index (χ3n) is 4.19. The molecule has 0 aliphatic carbocycles. The third kappa shape index (κ3) is 3.78. The summed E-state index contributed by atoms with van der Waals surface area (Å²) < 4.78 is 19.6. The van der Waals surface area contributed by atoms with Crippen molar-refractivity contribution < 1.29 is 18.9 Å². The van der Waals surface area contributed by atoms with Crippen molar-refractivity contribution in [2.45, 2.75) is 26.1 Å². The van der Waals surface area contributed by atoms with Crippen LogP contribution >= 0.6 is 0 Å². The summed E-state index contributed by atoms with van der Waals surface area (Å²) >= 11 is 0. The Labute approximate surface area is 130 Å². The lowest BCUT2D eigenvalue weighted by atomic mass is 9.79. The third-order valence-corrected chi connectivity index (χ3v) is 4.19. The molecule has 2 N–H and O–H groups in total. The van der Waals surface area contributed by atoms with Gasteiger partial charge < -0.3 is 19.9 Å². The number of nitrogens with one attached hydrogen (secondary N) is 1. The van der Waals surface area contributed by atoms with Crippen LogP contribution in [0.25, 0.3) is 0 Å². The van der Waals surface area contributed by atoms with Crippen LogP contribution in [-0.4, -0.2) is 43.5 Å². The van der Waals surface area contributed by atoms with E-state index in [0.717, 1.165) is 25.9 Å². The summed E-state index contributed by atoms with van der Waals surface area (Å²) in [6, 6.07) is 3.37. The quantitative estimate of drug-likeness (QED) is 0.621. The second kappa shape index (κ2) is 7.60.